The maximum absolute atomic E-state index is 12.3. The van der Waals surface area contributed by atoms with Crippen molar-refractivity contribution < 1.29 is 4.79 Å². The van der Waals surface area contributed by atoms with E-state index in [-0.39, 0.29) is 24.4 Å². The third-order valence-corrected chi connectivity index (χ3v) is 4.34. The molecule has 0 aliphatic carbocycles. The maximum atomic E-state index is 12.3. The van der Waals surface area contributed by atoms with E-state index in [9.17, 15) is 4.79 Å². The standard InChI is InChI=1S/C14H22N4OS.ClH/c1-10-7-11(2)17-14(16-10)20-9-13(19)18-6-4-3-5-12(18)8-15;/h7,12H,3-6,8-9,15H2,1-2H3;1H. The summed E-state index contributed by atoms with van der Waals surface area (Å²) in [6.45, 7) is 5.26. The Morgan fingerprint density at radius 2 is 2.05 bits per heavy atom. The number of aromatic nitrogens is 2. The highest BCUT2D eigenvalue weighted by atomic mass is 35.5. The van der Waals surface area contributed by atoms with Crippen LogP contribution < -0.4 is 5.73 Å². The van der Waals surface area contributed by atoms with E-state index in [2.05, 4.69) is 9.97 Å². The second kappa shape index (κ2) is 8.56. The number of carbonyl (C=O) groups excluding carboxylic acids is 1. The lowest BCUT2D eigenvalue weighted by Gasteiger charge is -2.35. The third-order valence-electron chi connectivity index (χ3n) is 3.51. The number of amides is 1. The van der Waals surface area contributed by atoms with Crippen molar-refractivity contribution in [1.82, 2.24) is 14.9 Å². The summed E-state index contributed by atoms with van der Waals surface area (Å²) in [7, 11) is 0. The van der Waals surface area contributed by atoms with E-state index in [0.717, 1.165) is 30.8 Å². The van der Waals surface area contributed by atoms with Crippen LogP contribution in [-0.2, 0) is 4.79 Å². The van der Waals surface area contributed by atoms with Gasteiger partial charge in [0.2, 0.25) is 5.91 Å². The smallest absolute Gasteiger partial charge is 0.233 e. The minimum absolute atomic E-state index is 0. The molecule has 1 aromatic rings. The summed E-state index contributed by atoms with van der Waals surface area (Å²) in [4.78, 5) is 22.9. The number of rotatable bonds is 4. The first kappa shape index (κ1) is 18.2. The highest BCUT2D eigenvalue weighted by Gasteiger charge is 2.25. The summed E-state index contributed by atoms with van der Waals surface area (Å²) in [6, 6.07) is 2.14. The van der Waals surface area contributed by atoms with Gasteiger partial charge < -0.3 is 10.6 Å². The van der Waals surface area contributed by atoms with Gasteiger partial charge >= 0.3 is 0 Å². The third kappa shape index (κ3) is 5.13. The number of hydrogen-bond donors (Lipinski definition) is 1. The number of thioether (sulfide) groups is 1. The van der Waals surface area contributed by atoms with Crippen LogP contribution in [-0.4, -0.2) is 45.7 Å². The van der Waals surface area contributed by atoms with Crippen molar-refractivity contribution in [2.75, 3.05) is 18.8 Å². The number of likely N-dealkylation sites (tertiary alicyclic amines) is 1. The Morgan fingerprint density at radius 1 is 1.38 bits per heavy atom. The molecule has 1 unspecified atom stereocenters. The van der Waals surface area contributed by atoms with Crippen LogP contribution in [0, 0.1) is 13.8 Å². The highest BCUT2D eigenvalue weighted by molar-refractivity contribution is 7.99. The van der Waals surface area contributed by atoms with Gasteiger partial charge in [-0.25, -0.2) is 9.97 Å². The number of nitrogens with two attached hydrogens (primary N) is 1. The molecule has 118 valence electrons. The summed E-state index contributed by atoms with van der Waals surface area (Å²) in [6.07, 6.45) is 3.26. The van der Waals surface area contributed by atoms with Gasteiger partial charge in [0.15, 0.2) is 5.16 Å². The van der Waals surface area contributed by atoms with Crippen LogP contribution in [0.15, 0.2) is 11.2 Å². The van der Waals surface area contributed by atoms with Crippen LogP contribution in [0.3, 0.4) is 0 Å². The molecule has 1 aromatic heterocycles. The van der Waals surface area contributed by atoms with Gasteiger partial charge in [-0.3, -0.25) is 4.79 Å². The average Bonchev–Trinajstić information content (AvgIpc) is 2.43. The topological polar surface area (TPSA) is 72.1 Å². The first-order valence-electron chi connectivity index (χ1n) is 7.05. The molecule has 7 heteroatoms. The lowest BCUT2D eigenvalue weighted by molar-refractivity contribution is -0.131. The first-order valence-corrected chi connectivity index (χ1v) is 8.03. The van der Waals surface area contributed by atoms with E-state index in [1.807, 2.05) is 24.8 Å². The highest BCUT2D eigenvalue weighted by Crippen LogP contribution is 2.20. The summed E-state index contributed by atoms with van der Waals surface area (Å²) >= 11 is 1.41. The lowest BCUT2D eigenvalue weighted by atomic mass is 10.0. The molecule has 1 amide bonds. The molecule has 0 radical (unpaired) electrons. The molecule has 21 heavy (non-hydrogen) atoms. The molecule has 0 bridgehead atoms. The Labute approximate surface area is 136 Å². The number of aryl methyl sites for hydroxylation is 2. The molecular weight excluding hydrogens is 308 g/mol. The zero-order chi connectivity index (χ0) is 14.5. The molecule has 1 fully saturated rings. The molecule has 0 aromatic carbocycles. The van der Waals surface area contributed by atoms with E-state index in [4.69, 9.17) is 5.73 Å². The van der Waals surface area contributed by atoms with Crippen molar-refractivity contribution in [3.05, 3.63) is 17.5 Å². The van der Waals surface area contributed by atoms with E-state index >= 15 is 0 Å². The summed E-state index contributed by atoms with van der Waals surface area (Å²) in [5.74, 6) is 0.534. The van der Waals surface area contributed by atoms with Gasteiger partial charge in [-0.1, -0.05) is 11.8 Å². The summed E-state index contributed by atoms with van der Waals surface area (Å²) < 4.78 is 0. The van der Waals surface area contributed by atoms with Crippen molar-refractivity contribution >= 4 is 30.1 Å². The van der Waals surface area contributed by atoms with Crippen molar-refractivity contribution in [3.8, 4) is 0 Å². The Hall–Kier alpha value is -0.850. The van der Waals surface area contributed by atoms with E-state index in [1.54, 1.807) is 0 Å². The normalized spacial score (nSPS) is 18.2. The minimum Gasteiger partial charge on any atom is -0.338 e. The Balaban J connectivity index is 0.00000220. The van der Waals surface area contributed by atoms with Gasteiger partial charge in [-0.2, -0.15) is 0 Å². The van der Waals surface area contributed by atoms with Crippen LogP contribution in [0.2, 0.25) is 0 Å². The van der Waals surface area contributed by atoms with E-state index in [1.165, 1.54) is 18.2 Å². The maximum Gasteiger partial charge on any atom is 0.233 e. The predicted octanol–water partition coefficient (Wildman–Crippen LogP) is 1.95. The minimum atomic E-state index is 0. The SMILES string of the molecule is Cc1cc(C)nc(SCC(=O)N2CCCCC2CN)n1.Cl. The Morgan fingerprint density at radius 3 is 2.67 bits per heavy atom. The summed E-state index contributed by atoms with van der Waals surface area (Å²) in [5, 5.41) is 0.678. The van der Waals surface area contributed by atoms with Crippen molar-refractivity contribution in [2.45, 2.75) is 44.3 Å². The van der Waals surface area contributed by atoms with Crippen molar-refractivity contribution in [1.29, 1.82) is 0 Å². The monoisotopic (exact) mass is 330 g/mol. The number of halogens is 1. The zero-order valence-electron chi connectivity index (χ0n) is 12.5. The average molecular weight is 331 g/mol. The Bertz CT molecular complexity index is 466. The second-order valence-electron chi connectivity index (χ2n) is 5.19. The van der Waals surface area contributed by atoms with Crippen LogP contribution in [0.5, 0.6) is 0 Å². The largest absolute Gasteiger partial charge is 0.338 e. The molecule has 0 spiro atoms. The predicted molar refractivity (Wildman–Crippen MR) is 87.9 cm³/mol. The quantitative estimate of drug-likeness (QED) is 0.674. The molecular formula is C14H23ClN4OS. The van der Waals surface area contributed by atoms with Crippen LogP contribution in [0.1, 0.15) is 30.7 Å². The zero-order valence-corrected chi connectivity index (χ0v) is 14.2. The second-order valence-corrected chi connectivity index (χ2v) is 6.14. The molecule has 1 aliphatic heterocycles. The number of nitrogens with zero attached hydrogens (tertiary/aromatic N) is 3. The molecule has 1 aliphatic rings. The van der Waals surface area contributed by atoms with Gasteiger partial charge in [0.05, 0.1) is 5.75 Å². The van der Waals surface area contributed by atoms with Gasteiger partial charge in [-0.15, -0.1) is 12.4 Å². The van der Waals surface area contributed by atoms with Crippen molar-refractivity contribution in [3.63, 3.8) is 0 Å². The molecule has 2 heterocycles. The van der Waals surface area contributed by atoms with E-state index in [0.29, 0.717) is 17.5 Å². The van der Waals surface area contributed by atoms with Gasteiger partial charge in [-0.05, 0) is 39.2 Å². The van der Waals surface area contributed by atoms with E-state index < -0.39 is 0 Å². The molecule has 5 nitrogen and oxygen atoms in total. The molecule has 2 rings (SSSR count). The first-order chi connectivity index (χ1) is 9.60. The van der Waals surface area contributed by atoms with Crippen LogP contribution >= 0.6 is 24.2 Å². The fourth-order valence-corrected chi connectivity index (χ4v) is 3.38. The van der Waals surface area contributed by atoms with Gasteiger partial charge in [0.1, 0.15) is 0 Å². The molecule has 0 saturated carbocycles. The summed E-state index contributed by atoms with van der Waals surface area (Å²) in [5.41, 5.74) is 7.62. The van der Waals surface area contributed by atoms with Crippen LogP contribution in [0.4, 0.5) is 0 Å². The number of piperidine rings is 1. The molecule has 1 atom stereocenters. The fraction of sp³-hybridized carbons (Fsp3) is 0.643. The van der Waals surface area contributed by atoms with Crippen molar-refractivity contribution in [2.24, 2.45) is 5.73 Å². The number of carbonyl (C=O) groups is 1. The molecule has 2 N–H and O–H groups in total. The number of hydrogen-bond acceptors (Lipinski definition) is 5. The van der Waals surface area contributed by atoms with Gasteiger partial charge in [0.25, 0.3) is 0 Å². The van der Waals surface area contributed by atoms with Gasteiger partial charge in [0, 0.05) is 30.5 Å². The lowest BCUT2D eigenvalue weighted by Crippen LogP contribution is -2.48. The van der Waals surface area contributed by atoms with Crippen LogP contribution in [0.25, 0.3) is 0 Å². The Kier molecular flexibility index (Phi) is 7.42. The fourth-order valence-electron chi connectivity index (χ4n) is 2.54. The molecule has 1 saturated heterocycles.